The van der Waals surface area contributed by atoms with E-state index in [0.717, 1.165) is 48.3 Å². The van der Waals surface area contributed by atoms with Gasteiger partial charge in [-0.2, -0.15) is 0 Å². The van der Waals surface area contributed by atoms with E-state index in [2.05, 4.69) is 45.5 Å². The second kappa shape index (κ2) is 7.51. The molecule has 0 bridgehead atoms. The van der Waals surface area contributed by atoms with Crippen LogP contribution < -0.4 is 0 Å². The molecule has 0 N–H and O–H groups in total. The Balaban J connectivity index is 1.58. The third kappa shape index (κ3) is 3.89. The first-order valence-corrected chi connectivity index (χ1v) is 9.39. The van der Waals surface area contributed by atoms with Crippen LogP contribution in [0.3, 0.4) is 0 Å². The van der Waals surface area contributed by atoms with Crippen LogP contribution in [0.2, 0.25) is 0 Å². The molecule has 3 rings (SSSR count). The van der Waals surface area contributed by atoms with Gasteiger partial charge < -0.3 is 9.47 Å². The third-order valence-electron chi connectivity index (χ3n) is 4.69. The van der Waals surface area contributed by atoms with Gasteiger partial charge in [0, 0.05) is 48.0 Å². The zero-order valence-electron chi connectivity index (χ0n) is 14.3. The molecule has 5 heteroatoms. The van der Waals surface area contributed by atoms with Crippen LogP contribution in [0.1, 0.15) is 48.8 Å². The molecule has 0 aliphatic carbocycles. The summed E-state index contributed by atoms with van der Waals surface area (Å²) in [5, 5.41) is 0. The monoisotopic (exact) mass is 389 g/mol. The number of halogens is 1. The van der Waals surface area contributed by atoms with Crippen molar-refractivity contribution in [2.24, 2.45) is 5.92 Å². The molecule has 0 saturated carbocycles. The van der Waals surface area contributed by atoms with Gasteiger partial charge in [0.2, 0.25) is 0 Å². The number of aromatic nitrogens is 2. The number of piperidine rings is 1. The molecule has 24 heavy (non-hydrogen) atoms. The van der Waals surface area contributed by atoms with E-state index in [-0.39, 0.29) is 5.91 Å². The number of imidazole rings is 1. The molecule has 1 aliphatic rings. The van der Waals surface area contributed by atoms with Crippen molar-refractivity contribution in [1.82, 2.24) is 14.5 Å². The van der Waals surface area contributed by atoms with Gasteiger partial charge in [0.05, 0.1) is 0 Å². The molecule has 2 heterocycles. The summed E-state index contributed by atoms with van der Waals surface area (Å²) >= 11 is 3.44. The smallest absolute Gasteiger partial charge is 0.253 e. The van der Waals surface area contributed by atoms with E-state index in [1.54, 1.807) is 0 Å². The molecule has 1 fully saturated rings. The van der Waals surface area contributed by atoms with Gasteiger partial charge in [0.25, 0.3) is 5.91 Å². The van der Waals surface area contributed by atoms with Crippen molar-refractivity contribution in [1.29, 1.82) is 0 Å². The Kier molecular flexibility index (Phi) is 5.39. The number of amides is 1. The topological polar surface area (TPSA) is 38.1 Å². The van der Waals surface area contributed by atoms with E-state index in [1.807, 2.05) is 35.4 Å². The molecule has 128 valence electrons. The number of hydrogen-bond donors (Lipinski definition) is 0. The Morgan fingerprint density at radius 3 is 2.75 bits per heavy atom. The molecule has 1 aliphatic heterocycles. The quantitative estimate of drug-likeness (QED) is 0.780. The number of rotatable bonds is 4. The van der Waals surface area contributed by atoms with Gasteiger partial charge in [-0.1, -0.05) is 35.8 Å². The van der Waals surface area contributed by atoms with E-state index >= 15 is 0 Å². The number of nitrogens with zero attached hydrogens (tertiary/aromatic N) is 3. The molecule has 1 aromatic carbocycles. The van der Waals surface area contributed by atoms with E-state index < -0.39 is 0 Å². The first-order valence-electron chi connectivity index (χ1n) is 8.60. The molecule has 1 aromatic heterocycles. The number of carbonyl (C=O) groups excluding carboxylic acids is 1. The maximum atomic E-state index is 12.6. The number of likely N-dealkylation sites (tertiary alicyclic amines) is 1. The van der Waals surface area contributed by atoms with Crippen LogP contribution in [0, 0.1) is 5.92 Å². The second-order valence-electron chi connectivity index (χ2n) is 6.84. The Morgan fingerprint density at radius 1 is 1.33 bits per heavy atom. The minimum absolute atomic E-state index is 0.139. The highest BCUT2D eigenvalue weighted by molar-refractivity contribution is 9.10. The summed E-state index contributed by atoms with van der Waals surface area (Å²) in [6.07, 6.45) is 6.07. The Labute approximate surface area is 152 Å². The fraction of sp³-hybridized carbons (Fsp3) is 0.474. The molecule has 0 unspecified atom stereocenters. The predicted molar refractivity (Wildman–Crippen MR) is 99.1 cm³/mol. The van der Waals surface area contributed by atoms with Gasteiger partial charge >= 0.3 is 0 Å². The summed E-state index contributed by atoms with van der Waals surface area (Å²) in [6, 6.07) is 7.64. The van der Waals surface area contributed by atoms with Crippen LogP contribution in [0.4, 0.5) is 0 Å². The minimum atomic E-state index is 0.139. The van der Waals surface area contributed by atoms with Crippen molar-refractivity contribution in [3.8, 4) is 0 Å². The van der Waals surface area contributed by atoms with Gasteiger partial charge in [0.1, 0.15) is 5.82 Å². The Bertz CT molecular complexity index is 702. The zero-order valence-corrected chi connectivity index (χ0v) is 15.9. The largest absolute Gasteiger partial charge is 0.339 e. The maximum Gasteiger partial charge on any atom is 0.253 e. The van der Waals surface area contributed by atoms with Crippen LogP contribution in [0.15, 0.2) is 41.1 Å². The van der Waals surface area contributed by atoms with Crippen LogP contribution in [-0.4, -0.2) is 33.4 Å². The first kappa shape index (κ1) is 17.2. The number of hydrogen-bond acceptors (Lipinski definition) is 2. The van der Waals surface area contributed by atoms with Gasteiger partial charge in [-0.25, -0.2) is 4.98 Å². The molecule has 0 spiro atoms. The van der Waals surface area contributed by atoms with Crippen molar-refractivity contribution in [2.45, 2.75) is 39.2 Å². The van der Waals surface area contributed by atoms with E-state index in [1.165, 1.54) is 0 Å². The molecule has 1 amide bonds. The molecule has 0 radical (unpaired) electrons. The number of benzene rings is 1. The van der Waals surface area contributed by atoms with Crippen molar-refractivity contribution in [3.05, 3.63) is 52.5 Å². The average molecular weight is 390 g/mol. The lowest BCUT2D eigenvalue weighted by molar-refractivity contribution is 0.0682. The lowest BCUT2D eigenvalue weighted by Gasteiger charge is -2.32. The molecular weight excluding hydrogens is 366 g/mol. The van der Waals surface area contributed by atoms with Gasteiger partial charge in [0.15, 0.2) is 0 Å². The third-order valence-corrected chi connectivity index (χ3v) is 5.19. The van der Waals surface area contributed by atoms with Crippen LogP contribution in [0.25, 0.3) is 0 Å². The van der Waals surface area contributed by atoms with E-state index in [4.69, 9.17) is 0 Å². The van der Waals surface area contributed by atoms with Crippen molar-refractivity contribution >= 4 is 21.8 Å². The van der Waals surface area contributed by atoms with Crippen molar-refractivity contribution < 1.29 is 4.79 Å². The Morgan fingerprint density at radius 2 is 2.08 bits per heavy atom. The molecule has 1 saturated heterocycles. The SMILES string of the molecule is CC(C)c1nccn1CC1CCN(C(=O)c2cccc(Br)c2)CC1. The lowest BCUT2D eigenvalue weighted by Crippen LogP contribution is -2.39. The van der Waals surface area contributed by atoms with Crippen LogP contribution in [0.5, 0.6) is 0 Å². The Hall–Kier alpha value is -1.62. The zero-order chi connectivity index (χ0) is 17.1. The highest BCUT2D eigenvalue weighted by Gasteiger charge is 2.24. The minimum Gasteiger partial charge on any atom is -0.339 e. The maximum absolute atomic E-state index is 12.6. The van der Waals surface area contributed by atoms with Gasteiger partial charge in [-0.3, -0.25) is 4.79 Å². The van der Waals surface area contributed by atoms with Gasteiger partial charge in [-0.15, -0.1) is 0 Å². The van der Waals surface area contributed by atoms with Crippen LogP contribution in [-0.2, 0) is 6.54 Å². The predicted octanol–water partition coefficient (Wildman–Crippen LogP) is 4.32. The van der Waals surface area contributed by atoms with E-state index in [0.29, 0.717) is 11.8 Å². The fourth-order valence-corrected chi connectivity index (χ4v) is 3.78. The van der Waals surface area contributed by atoms with Crippen molar-refractivity contribution in [3.63, 3.8) is 0 Å². The summed E-state index contributed by atoms with van der Waals surface area (Å²) < 4.78 is 3.23. The van der Waals surface area contributed by atoms with Gasteiger partial charge in [-0.05, 0) is 37.0 Å². The molecular formula is C19H24BrN3O. The van der Waals surface area contributed by atoms with E-state index in [9.17, 15) is 4.79 Å². The average Bonchev–Trinajstić information content (AvgIpc) is 3.03. The van der Waals surface area contributed by atoms with Crippen LogP contribution >= 0.6 is 15.9 Å². The summed E-state index contributed by atoms with van der Waals surface area (Å²) in [5.74, 6) is 2.35. The summed E-state index contributed by atoms with van der Waals surface area (Å²) in [4.78, 5) is 19.1. The normalized spacial score (nSPS) is 15.9. The van der Waals surface area contributed by atoms with Crippen molar-refractivity contribution in [2.75, 3.05) is 13.1 Å². The molecule has 2 aromatic rings. The summed E-state index contributed by atoms with van der Waals surface area (Å²) in [7, 11) is 0. The fourth-order valence-electron chi connectivity index (χ4n) is 3.38. The standard InChI is InChI=1S/C19H24BrN3O/c1-14(2)18-21-8-11-23(18)13-15-6-9-22(10-7-15)19(24)16-4-3-5-17(20)12-16/h3-5,8,11-12,14-15H,6-7,9-10,13H2,1-2H3. The lowest BCUT2D eigenvalue weighted by atomic mass is 9.96. The highest BCUT2D eigenvalue weighted by Crippen LogP contribution is 2.23. The first-order chi connectivity index (χ1) is 11.5. The highest BCUT2D eigenvalue weighted by atomic mass is 79.9. The number of carbonyl (C=O) groups is 1. The summed E-state index contributed by atoms with van der Waals surface area (Å²) in [6.45, 7) is 7.03. The molecule has 0 atom stereocenters. The second-order valence-corrected chi connectivity index (χ2v) is 7.75. The molecule has 4 nitrogen and oxygen atoms in total. The summed E-state index contributed by atoms with van der Waals surface area (Å²) in [5.41, 5.74) is 0.763.